The third kappa shape index (κ3) is 4.65. The van der Waals surface area contributed by atoms with E-state index in [1.807, 2.05) is 11.0 Å². The Morgan fingerprint density at radius 3 is 2.54 bits per heavy atom. The predicted octanol–water partition coefficient (Wildman–Crippen LogP) is 1.58. The molecule has 3 heterocycles. The van der Waals surface area contributed by atoms with Crippen molar-refractivity contribution in [2.24, 2.45) is 0 Å². The average molecular weight is 363 g/mol. The molecule has 7 nitrogen and oxygen atoms in total. The highest BCUT2D eigenvalue weighted by Crippen LogP contribution is 2.17. The number of nitrogens with zero attached hydrogens (tertiary/aromatic N) is 3. The van der Waals surface area contributed by atoms with Crippen molar-refractivity contribution in [1.29, 1.82) is 0 Å². The summed E-state index contributed by atoms with van der Waals surface area (Å²) >= 11 is 0. The molecule has 7 heteroatoms. The summed E-state index contributed by atoms with van der Waals surface area (Å²) < 4.78 is 10.2. The standard InChI is InChI=1S/C19H29N3O4/c1-15-5-3-4-8-22(15)18(23)14-21-11-9-20(10-12-21)13-16-6-7-17(26-16)19(24)25-2/h6-7,15H,3-5,8-14H2,1-2H3. The lowest BCUT2D eigenvalue weighted by molar-refractivity contribution is -0.136. The lowest BCUT2D eigenvalue weighted by atomic mass is 10.0. The number of esters is 1. The van der Waals surface area contributed by atoms with E-state index in [0.29, 0.717) is 19.1 Å². The minimum Gasteiger partial charge on any atom is -0.463 e. The zero-order chi connectivity index (χ0) is 18.5. The topological polar surface area (TPSA) is 66.2 Å². The van der Waals surface area contributed by atoms with Gasteiger partial charge in [0.05, 0.1) is 20.2 Å². The summed E-state index contributed by atoms with van der Waals surface area (Å²) in [6.45, 7) is 7.76. The third-order valence-corrected chi connectivity index (χ3v) is 5.37. The molecule has 0 spiro atoms. The maximum atomic E-state index is 12.6. The second-order valence-electron chi connectivity index (χ2n) is 7.24. The van der Waals surface area contributed by atoms with Crippen LogP contribution in [0.5, 0.6) is 0 Å². The summed E-state index contributed by atoms with van der Waals surface area (Å²) in [5, 5.41) is 0. The number of amides is 1. The molecule has 1 atom stereocenters. The first-order valence-corrected chi connectivity index (χ1v) is 9.48. The van der Waals surface area contributed by atoms with Gasteiger partial charge in [0, 0.05) is 38.8 Å². The molecule has 1 aromatic heterocycles. The van der Waals surface area contributed by atoms with E-state index in [9.17, 15) is 9.59 Å². The molecular weight excluding hydrogens is 334 g/mol. The molecule has 144 valence electrons. The minimum atomic E-state index is -0.452. The summed E-state index contributed by atoms with van der Waals surface area (Å²) in [5.41, 5.74) is 0. The number of piperidine rings is 1. The molecule has 2 fully saturated rings. The lowest BCUT2D eigenvalue weighted by Gasteiger charge is -2.37. The number of hydrogen-bond acceptors (Lipinski definition) is 6. The Morgan fingerprint density at radius 2 is 1.85 bits per heavy atom. The molecule has 0 radical (unpaired) electrons. The number of carbonyl (C=O) groups excluding carboxylic acids is 2. The van der Waals surface area contributed by atoms with Gasteiger partial charge in [-0.3, -0.25) is 14.6 Å². The van der Waals surface area contributed by atoms with Crippen LogP contribution in [0.15, 0.2) is 16.5 Å². The van der Waals surface area contributed by atoms with Crippen molar-refractivity contribution in [1.82, 2.24) is 14.7 Å². The molecule has 2 aliphatic rings. The number of furan rings is 1. The first kappa shape index (κ1) is 18.9. The van der Waals surface area contributed by atoms with E-state index in [2.05, 4.69) is 21.5 Å². The zero-order valence-electron chi connectivity index (χ0n) is 15.8. The lowest BCUT2D eigenvalue weighted by Crippen LogP contribution is -2.51. The molecular formula is C19H29N3O4. The largest absolute Gasteiger partial charge is 0.463 e. The second kappa shape index (κ2) is 8.68. The Morgan fingerprint density at radius 1 is 1.12 bits per heavy atom. The fourth-order valence-electron chi connectivity index (χ4n) is 3.75. The maximum Gasteiger partial charge on any atom is 0.373 e. The third-order valence-electron chi connectivity index (χ3n) is 5.37. The van der Waals surface area contributed by atoms with Gasteiger partial charge < -0.3 is 14.1 Å². The van der Waals surface area contributed by atoms with Crippen molar-refractivity contribution in [2.75, 3.05) is 46.4 Å². The first-order chi connectivity index (χ1) is 12.6. The van der Waals surface area contributed by atoms with Crippen LogP contribution in [-0.4, -0.2) is 79.0 Å². The van der Waals surface area contributed by atoms with E-state index in [-0.39, 0.29) is 11.7 Å². The minimum absolute atomic E-state index is 0.238. The highest BCUT2D eigenvalue weighted by Gasteiger charge is 2.26. The molecule has 1 amide bonds. The quantitative estimate of drug-likeness (QED) is 0.740. The highest BCUT2D eigenvalue weighted by molar-refractivity contribution is 5.86. The van der Waals surface area contributed by atoms with E-state index in [0.717, 1.165) is 51.3 Å². The van der Waals surface area contributed by atoms with Crippen LogP contribution >= 0.6 is 0 Å². The first-order valence-electron chi connectivity index (χ1n) is 9.48. The van der Waals surface area contributed by atoms with E-state index in [1.54, 1.807) is 6.07 Å². The molecule has 1 unspecified atom stereocenters. The number of piperazine rings is 1. The highest BCUT2D eigenvalue weighted by atomic mass is 16.5. The van der Waals surface area contributed by atoms with Gasteiger partial charge in [-0.2, -0.15) is 0 Å². The Labute approximate surface area is 154 Å². The van der Waals surface area contributed by atoms with Gasteiger partial charge in [-0.1, -0.05) is 0 Å². The Balaban J connectivity index is 1.43. The monoisotopic (exact) mass is 363 g/mol. The van der Waals surface area contributed by atoms with Crippen molar-refractivity contribution in [3.63, 3.8) is 0 Å². The van der Waals surface area contributed by atoms with Gasteiger partial charge >= 0.3 is 5.97 Å². The Bertz CT molecular complexity index is 622. The summed E-state index contributed by atoms with van der Waals surface area (Å²) in [5.74, 6) is 0.811. The Hall–Kier alpha value is -1.86. The molecule has 0 bridgehead atoms. The number of likely N-dealkylation sites (tertiary alicyclic amines) is 1. The molecule has 26 heavy (non-hydrogen) atoms. The molecule has 0 aliphatic carbocycles. The summed E-state index contributed by atoms with van der Waals surface area (Å²) in [4.78, 5) is 30.6. The predicted molar refractivity (Wildman–Crippen MR) is 96.8 cm³/mol. The molecule has 1 aromatic rings. The van der Waals surface area contributed by atoms with E-state index in [1.165, 1.54) is 13.5 Å². The number of rotatable bonds is 5. The maximum absolute atomic E-state index is 12.6. The molecule has 3 rings (SSSR count). The number of carbonyl (C=O) groups is 2. The number of hydrogen-bond donors (Lipinski definition) is 0. The van der Waals surface area contributed by atoms with Gasteiger partial charge in [0.25, 0.3) is 0 Å². The normalized spacial score (nSPS) is 22.4. The van der Waals surface area contributed by atoms with Crippen LogP contribution < -0.4 is 0 Å². The summed E-state index contributed by atoms with van der Waals surface area (Å²) in [6.07, 6.45) is 3.48. The average Bonchev–Trinajstić information content (AvgIpc) is 3.11. The van der Waals surface area contributed by atoms with Crippen molar-refractivity contribution >= 4 is 11.9 Å². The summed E-state index contributed by atoms with van der Waals surface area (Å²) in [7, 11) is 1.34. The van der Waals surface area contributed by atoms with Crippen molar-refractivity contribution in [2.45, 2.75) is 38.8 Å². The molecule has 2 saturated heterocycles. The Kier molecular flexibility index (Phi) is 6.32. The van der Waals surface area contributed by atoms with Gasteiger partial charge in [-0.25, -0.2) is 4.79 Å². The van der Waals surface area contributed by atoms with Gasteiger partial charge in [0.15, 0.2) is 0 Å². The van der Waals surface area contributed by atoms with Crippen molar-refractivity contribution in [3.8, 4) is 0 Å². The summed E-state index contributed by atoms with van der Waals surface area (Å²) in [6, 6.07) is 3.84. The number of ether oxygens (including phenoxy) is 1. The van der Waals surface area contributed by atoms with Crippen LogP contribution in [0.2, 0.25) is 0 Å². The molecule has 2 aliphatic heterocycles. The SMILES string of the molecule is COC(=O)c1ccc(CN2CCN(CC(=O)N3CCCCC3C)CC2)o1. The molecule has 0 saturated carbocycles. The van der Waals surface area contributed by atoms with Gasteiger partial charge in [-0.15, -0.1) is 0 Å². The van der Waals surface area contributed by atoms with Crippen LogP contribution in [0.1, 0.15) is 42.5 Å². The molecule has 0 aromatic carbocycles. The van der Waals surface area contributed by atoms with E-state index >= 15 is 0 Å². The van der Waals surface area contributed by atoms with Crippen LogP contribution in [0.3, 0.4) is 0 Å². The second-order valence-corrected chi connectivity index (χ2v) is 7.24. The zero-order valence-corrected chi connectivity index (χ0v) is 15.8. The van der Waals surface area contributed by atoms with Crippen LogP contribution in [0, 0.1) is 0 Å². The van der Waals surface area contributed by atoms with Crippen LogP contribution in [-0.2, 0) is 16.1 Å². The smallest absolute Gasteiger partial charge is 0.373 e. The fraction of sp³-hybridized carbons (Fsp3) is 0.684. The van der Waals surface area contributed by atoms with E-state index < -0.39 is 5.97 Å². The number of methoxy groups -OCH3 is 1. The van der Waals surface area contributed by atoms with Gasteiger partial charge in [-0.05, 0) is 38.3 Å². The van der Waals surface area contributed by atoms with E-state index in [4.69, 9.17) is 4.42 Å². The van der Waals surface area contributed by atoms with Gasteiger partial charge in [0.2, 0.25) is 11.7 Å². The molecule has 0 N–H and O–H groups in total. The van der Waals surface area contributed by atoms with Crippen LogP contribution in [0.25, 0.3) is 0 Å². The van der Waals surface area contributed by atoms with Gasteiger partial charge in [0.1, 0.15) is 5.76 Å². The fourth-order valence-corrected chi connectivity index (χ4v) is 3.75. The van der Waals surface area contributed by atoms with Crippen molar-refractivity contribution in [3.05, 3.63) is 23.7 Å². The van der Waals surface area contributed by atoms with Crippen molar-refractivity contribution < 1.29 is 18.7 Å². The van der Waals surface area contributed by atoms with Crippen LogP contribution in [0.4, 0.5) is 0 Å².